The summed E-state index contributed by atoms with van der Waals surface area (Å²) in [4.78, 5) is 22.1. The second kappa shape index (κ2) is 6.19. The van der Waals surface area contributed by atoms with Gasteiger partial charge >= 0.3 is 11.9 Å². The summed E-state index contributed by atoms with van der Waals surface area (Å²) in [5.74, 6) is -1.41. The van der Waals surface area contributed by atoms with Crippen molar-refractivity contribution in [3.8, 4) is 0 Å². The lowest BCUT2D eigenvalue weighted by Crippen LogP contribution is -2.34. The van der Waals surface area contributed by atoms with Crippen LogP contribution in [0.15, 0.2) is 12.2 Å². The summed E-state index contributed by atoms with van der Waals surface area (Å²) in [5.41, 5.74) is -1.80. The van der Waals surface area contributed by atoms with Crippen LogP contribution in [0.25, 0.3) is 0 Å². The molecule has 86 valence electrons. The number of rotatable bonds is 5. The van der Waals surface area contributed by atoms with E-state index in [1.807, 2.05) is 0 Å². The molecule has 0 bridgehead atoms. The molecule has 15 heavy (non-hydrogen) atoms. The van der Waals surface area contributed by atoms with Crippen molar-refractivity contribution < 1.29 is 24.2 Å². The van der Waals surface area contributed by atoms with Crippen molar-refractivity contribution in [3.05, 3.63) is 12.2 Å². The standard InChI is InChI=1S/C10H16O5/c1-4-14-8(11)6-7-10(3,13)9(12)15-5-2/h6-7,13H,4-5H2,1-3H3/b7-6+/t10-/m1/s1. The Kier molecular flexibility index (Phi) is 5.62. The zero-order valence-electron chi connectivity index (χ0n) is 9.15. The van der Waals surface area contributed by atoms with E-state index < -0.39 is 17.5 Å². The normalized spacial score (nSPS) is 14.7. The first-order valence-corrected chi connectivity index (χ1v) is 4.69. The van der Waals surface area contributed by atoms with Gasteiger partial charge in [-0.2, -0.15) is 0 Å². The van der Waals surface area contributed by atoms with Crippen LogP contribution in [0.3, 0.4) is 0 Å². The van der Waals surface area contributed by atoms with Crippen molar-refractivity contribution in [3.63, 3.8) is 0 Å². The van der Waals surface area contributed by atoms with Gasteiger partial charge in [0.15, 0.2) is 5.60 Å². The number of carbonyl (C=O) groups is 2. The molecule has 0 fully saturated rings. The highest BCUT2D eigenvalue weighted by Gasteiger charge is 2.28. The number of carbonyl (C=O) groups excluding carboxylic acids is 2. The minimum atomic E-state index is -1.80. The topological polar surface area (TPSA) is 72.8 Å². The Morgan fingerprint density at radius 1 is 1.27 bits per heavy atom. The highest BCUT2D eigenvalue weighted by atomic mass is 16.5. The predicted octanol–water partition coefficient (Wildman–Crippen LogP) is 0.420. The molecule has 5 heteroatoms. The molecule has 0 saturated carbocycles. The van der Waals surface area contributed by atoms with Crippen LogP contribution in [0, 0.1) is 0 Å². The number of hydrogen-bond acceptors (Lipinski definition) is 5. The Hall–Kier alpha value is -1.36. The summed E-state index contributed by atoms with van der Waals surface area (Å²) in [6, 6.07) is 0. The van der Waals surface area contributed by atoms with E-state index in [0.717, 1.165) is 12.2 Å². The largest absolute Gasteiger partial charge is 0.464 e. The summed E-state index contributed by atoms with van der Waals surface area (Å²) < 4.78 is 9.19. The molecule has 0 aromatic heterocycles. The van der Waals surface area contributed by atoms with E-state index >= 15 is 0 Å². The van der Waals surface area contributed by atoms with Crippen molar-refractivity contribution in [1.82, 2.24) is 0 Å². The summed E-state index contributed by atoms with van der Waals surface area (Å²) in [6.07, 6.45) is 2.05. The maximum absolute atomic E-state index is 11.2. The van der Waals surface area contributed by atoms with Crippen LogP contribution in [0.2, 0.25) is 0 Å². The van der Waals surface area contributed by atoms with Gasteiger partial charge in [0, 0.05) is 6.08 Å². The zero-order valence-corrected chi connectivity index (χ0v) is 9.15. The minimum Gasteiger partial charge on any atom is -0.464 e. The summed E-state index contributed by atoms with van der Waals surface area (Å²) in [7, 11) is 0. The van der Waals surface area contributed by atoms with E-state index in [0.29, 0.717) is 0 Å². The van der Waals surface area contributed by atoms with Crippen LogP contribution in [0.1, 0.15) is 20.8 Å². The summed E-state index contributed by atoms with van der Waals surface area (Å²) in [5, 5.41) is 9.56. The van der Waals surface area contributed by atoms with Gasteiger partial charge in [-0.15, -0.1) is 0 Å². The fourth-order valence-electron chi connectivity index (χ4n) is 0.766. The van der Waals surface area contributed by atoms with Gasteiger partial charge in [-0.1, -0.05) is 0 Å². The van der Waals surface area contributed by atoms with E-state index in [2.05, 4.69) is 9.47 Å². The Balaban J connectivity index is 4.35. The van der Waals surface area contributed by atoms with E-state index in [4.69, 9.17) is 0 Å². The first-order chi connectivity index (χ1) is 6.94. The molecule has 0 amide bonds. The van der Waals surface area contributed by atoms with Crippen LogP contribution >= 0.6 is 0 Å². The Morgan fingerprint density at radius 3 is 2.27 bits per heavy atom. The van der Waals surface area contributed by atoms with Crippen molar-refractivity contribution in [2.24, 2.45) is 0 Å². The fourth-order valence-corrected chi connectivity index (χ4v) is 0.766. The minimum absolute atomic E-state index is 0.169. The SMILES string of the molecule is CCOC(=O)/C=C/[C@@](C)(O)C(=O)OCC. The van der Waals surface area contributed by atoms with Gasteiger partial charge < -0.3 is 14.6 Å². The van der Waals surface area contributed by atoms with Gasteiger partial charge in [0.2, 0.25) is 0 Å². The molecule has 0 unspecified atom stereocenters. The molecular formula is C10H16O5. The quantitative estimate of drug-likeness (QED) is 0.532. The molecule has 0 spiro atoms. The molecule has 0 saturated heterocycles. The van der Waals surface area contributed by atoms with Crippen molar-refractivity contribution in [2.75, 3.05) is 13.2 Å². The van der Waals surface area contributed by atoms with Crippen LogP contribution in [0.4, 0.5) is 0 Å². The molecule has 1 atom stereocenters. The lowest BCUT2D eigenvalue weighted by atomic mass is 10.1. The van der Waals surface area contributed by atoms with Gasteiger partial charge in [-0.05, 0) is 26.8 Å². The Morgan fingerprint density at radius 2 is 1.80 bits per heavy atom. The Bertz CT molecular complexity index is 255. The van der Waals surface area contributed by atoms with E-state index in [9.17, 15) is 14.7 Å². The third kappa shape index (κ3) is 5.17. The molecule has 0 rings (SSSR count). The first kappa shape index (κ1) is 13.6. The third-order valence-electron chi connectivity index (χ3n) is 1.52. The second-order valence-electron chi connectivity index (χ2n) is 2.95. The van der Waals surface area contributed by atoms with E-state index in [1.54, 1.807) is 13.8 Å². The highest BCUT2D eigenvalue weighted by Crippen LogP contribution is 2.08. The van der Waals surface area contributed by atoms with E-state index in [-0.39, 0.29) is 13.2 Å². The number of hydrogen-bond donors (Lipinski definition) is 1. The smallest absolute Gasteiger partial charge is 0.341 e. The van der Waals surface area contributed by atoms with Gasteiger partial charge in [0.25, 0.3) is 0 Å². The average molecular weight is 216 g/mol. The van der Waals surface area contributed by atoms with Crippen LogP contribution in [-0.4, -0.2) is 35.9 Å². The molecule has 0 heterocycles. The summed E-state index contributed by atoms with van der Waals surface area (Å²) >= 11 is 0. The third-order valence-corrected chi connectivity index (χ3v) is 1.52. The molecule has 0 aliphatic carbocycles. The van der Waals surface area contributed by atoms with Crippen molar-refractivity contribution in [1.29, 1.82) is 0 Å². The average Bonchev–Trinajstić information content (AvgIpc) is 2.16. The molecule has 0 radical (unpaired) electrons. The van der Waals surface area contributed by atoms with Crippen LogP contribution < -0.4 is 0 Å². The van der Waals surface area contributed by atoms with Crippen LogP contribution in [0.5, 0.6) is 0 Å². The molecule has 0 aliphatic heterocycles. The molecule has 5 nitrogen and oxygen atoms in total. The first-order valence-electron chi connectivity index (χ1n) is 4.69. The number of esters is 2. The van der Waals surface area contributed by atoms with Gasteiger partial charge in [-0.3, -0.25) is 0 Å². The number of aliphatic hydroxyl groups is 1. The molecule has 1 N–H and O–H groups in total. The predicted molar refractivity (Wildman–Crippen MR) is 53.0 cm³/mol. The fraction of sp³-hybridized carbons (Fsp3) is 0.600. The zero-order chi connectivity index (χ0) is 11.9. The maximum Gasteiger partial charge on any atom is 0.341 e. The lowest BCUT2D eigenvalue weighted by Gasteiger charge is -2.16. The van der Waals surface area contributed by atoms with Gasteiger partial charge in [0.05, 0.1) is 13.2 Å². The van der Waals surface area contributed by atoms with E-state index in [1.165, 1.54) is 6.92 Å². The lowest BCUT2D eigenvalue weighted by molar-refractivity contribution is -0.158. The highest BCUT2D eigenvalue weighted by molar-refractivity contribution is 5.86. The molecular weight excluding hydrogens is 200 g/mol. The second-order valence-corrected chi connectivity index (χ2v) is 2.95. The number of ether oxygens (including phenoxy) is 2. The van der Waals surface area contributed by atoms with Gasteiger partial charge in [0.1, 0.15) is 0 Å². The summed E-state index contributed by atoms with van der Waals surface area (Å²) in [6.45, 7) is 4.94. The molecule has 0 aromatic rings. The van der Waals surface area contributed by atoms with Gasteiger partial charge in [-0.25, -0.2) is 9.59 Å². The van der Waals surface area contributed by atoms with Crippen molar-refractivity contribution >= 4 is 11.9 Å². The molecule has 0 aromatic carbocycles. The van der Waals surface area contributed by atoms with Crippen LogP contribution in [-0.2, 0) is 19.1 Å². The maximum atomic E-state index is 11.2. The Labute approximate surface area is 88.7 Å². The molecule has 0 aliphatic rings. The monoisotopic (exact) mass is 216 g/mol. The van der Waals surface area contributed by atoms with Crippen molar-refractivity contribution in [2.45, 2.75) is 26.4 Å².